The first-order valence-electron chi connectivity index (χ1n) is 7.51. The number of benzene rings is 1. The molecule has 1 aromatic rings. The summed E-state index contributed by atoms with van der Waals surface area (Å²) in [6.07, 6.45) is 1.24. The summed E-state index contributed by atoms with van der Waals surface area (Å²) >= 11 is 0. The number of halogens is 1. The third-order valence-electron chi connectivity index (χ3n) is 4.44. The first-order chi connectivity index (χ1) is 9.72. The van der Waals surface area contributed by atoms with Crippen LogP contribution in [0.4, 0.5) is 4.39 Å². The van der Waals surface area contributed by atoms with Crippen molar-refractivity contribution >= 4 is 0 Å². The highest BCUT2D eigenvalue weighted by atomic mass is 19.1. The standard InChI is InChI=1S/C16H23FN2O/c1-13-10-14(2-3-16(13)17)11-18-5-4-15(12-18)19-6-8-20-9-7-19/h2-3,10,15H,4-9,11-12H2,1H3/t15-/m1/s1. The van der Waals surface area contributed by atoms with Crippen LogP contribution in [0.3, 0.4) is 0 Å². The van der Waals surface area contributed by atoms with Crippen molar-refractivity contribution < 1.29 is 9.13 Å². The molecule has 4 heteroatoms. The quantitative estimate of drug-likeness (QED) is 0.841. The number of rotatable bonds is 3. The van der Waals surface area contributed by atoms with E-state index >= 15 is 0 Å². The van der Waals surface area contributed by atoms with Gasteiger partial charge in [-0.3, -0.25) is 9.80 Å². The maximum atomic E-state index is 13.3. The number of likely N-dealkylation sites (tertiary alicyclic amines) is 1. The lowest BCUT2D eigenvalue weighted by molar-refractivity contribution is 0.0184. The van der Waals surface area contributed by atoms with Crippen LogP contribution in [0.5, 0.6) is 0 Å². The predicted molar refractivity (Wildman–Crippen MR) is 77.2 cm³/mol. The topological polar surface area (TPSA) is 15.7 Å². The van der Waals surface area contributed by atoms with Gasteiger partial charge >= 0.3 is 0 Å². The Hall–Kier alpha value is -0.970. The van der Waals surface area contributed by atoms with Crippen molar-refractivity contribution in [3.63, 3.8) is 0 Å². The Bertz CT molecular complexity index is 460. The third kappa shape index (κ3) is 3.19. The molecular formula is C16H23FN2O. The van der Waals surface area contributed by atoms with E-state index in [1.807, 2.05) is 19.1 Å². The summed E-state index contributed by atoms with van der Waals surface area (Å²) < 4.78 is 18.7. The maximum absolute atomic E-state index is 13.3. The van der Waals surface area contributed by atoms with Crippen LogP contribution in [0.1, 0.15) is 17.5 Å². The van der Waals surface area contributed by atoms with Crippen molar-refractivity contribution in [1.29, 1.82) is 0 Å². The van der Waals surface area contributed by atoms with Crippen LogP contribution in [0.2, 0.25) is 0 Å². The lowest BCUT2D eigenvalue weighted by Crippen LogP contribution is -2.44. The van der Waals surface area contributed by atoms with Gasteiger partial charge in [0.05, 0.1) is 13.2 Å². The SMILES string of the molecule is Cc1cc(CN2CC[C@@H](N3CCOCC3)C2)ccc1F. The second-order valence-electron chi connectivity index (χ2n) is 5.91. The smallest absolute Gasteiger partial charge is 0.126 e. The summed E-state index contributed by atoms with van der Waals surface area (Å²) in [5.74, 6) is -0.110. The van der Waals surface area contributed by atoms with Gasteiger partial charge in [-0.2, -0.15) is 0 Å². The van der Waals surface area contributed by atoms with Gasteiger partial charge in [-0.1, -0.05) is 12.1 Å². The Morgan fingerprint density at radius 2 is 2.05 bits per heavy atom. The summed E-state index contributed by atoms with van der Waals surface area (Å²) in [5.41, 5.74) is 1.96. The molecule has 0 saturated carbocycles. The Morgan fingerprint density at radius 1 is 1.25 bits per heavy atom. The lowest BCUT2D eigenvalue weighted by Gasteiger charge is -2.32. The van der Waals surface area contributed by atoms with E-state index in [9.17, 15) is 4.39 Å². The van der Waals surface area contributed by atoms with Gasteiger partial charge < -0.3 is 4.74 Å². The zero-order valence-electron chi connectivity index (χ0n) is 12.1. The molecule has 110 valence electrons. The lowest BCUT2D eigenvalue weighted by atomic mass is 10.1. The second-order valence-corrected chi connectivity index (χ2v) is 5.91. The highest BCUT2D eigenvalue weighted by Crippen LogP contribution is 2.20. The molecule has 0 amide bonds. The van der Waals surface area contributed by atoms with Gasteiger partial charge in [0.15, 0.2) is 0 Å². The van der Waals surface area contributed by atoms with E-state index in [-0.39, 0.29) is 5.82 Å². The van der Waals surface area contributed by atoms with Crippen LogP contribution in [-0.2, 0) is 11.3 Å². The first kappa shape index (κ1) is 14.0. The van der Waals surface area contributed by atoms with Crippen molar-refractivity contribution in [3.8, 4) is 0 Å². The zero-order chi connectivity index (χ0) is 13.9. The Labute approximate surface area is 120 Å². The molecule has 0 spiro atoms. The molecule has 20 heavy (non-hydrogen) atoms. The molecule has 2 aliphatic heterocycles. The number of aryl methyl sites for hydroxylation is 1. The monoisotopic (exact) mass is 278 g/mol. The van der Waals surface area contributed by atoms with Gasteiger partial charge in [0, 0.05) is 38.8 Å². The Morgan fingerprint density at radius 3 is 2.80 bits per heavy atom. The van der Waals surface area contributed by atoms with Crippen molar-refractivity contribution in [3.05, 3.63) is 35.1 Å². The molecule has 2 heterocycles. The van der Waals surface area contributed by atoms with Crippen molar-refractivity contribution in [2.45, 2.75) is 25.9 Å². The molecule has 2 fully saturated rings. The average Bonchev–Trinajstić information content (AvgIpc) is 2.92. The summed E-state index contributed by atoms with van der Waals surface area (Å²) in [6.45, 7) is 8.89. The normalized spacial score (nSPS) is 25.2. The number of morpholine rings is 1. The molecule has 2 aliphatic rings. The van der Waals surface area contributed by atoms with Crippen LogP contribution in [0.25, 0.3) is 0 Å². The van der Waals surface area contributed by atoms with Crippen LogP contribution < -0.4 is 0 Å². The van der Waals surface area contributed by atoms with Crippen molar-refractivity contribution in [2.24, 2.45) is 0 Å². The molecular weight excluding hydrogens is 255 g/mol. The number of nitrogens with zero attached hydrogens (tertiary/aromatic N) is 2. The molecule has 3 rings (SSSR count). The largest absolute Gasteiger partial charge is 0.379 e. The molecule has 0 N–H and O–H groups in total. The summed E-state index contributed by atoms with van der Waals surface area (Å²) in [4.78, 5) is 5.03. The van der Waals surface area contributed by atoms with Gasteiger partial charge in [0.25, 0.3) is 0 Å². The van der Waals surface area contributed by atoms with Crippen LogP contribution in [-0.4, -0.2) is 55.2 Å². The molecule has 2 saturated heterocycles. The predicted octanol–water partition coefficient (Wildman–Crippen LogP) is 2.04. The minimum absolute atomic E-state index is 0.110. The number of hydrogen-bond acceptors (Lipinski definition) is 3. The Balaban J connectivity index is 1.55. The summed E-state index contributed by atoms with van der Waals surface area (Å²) in [7, 11) is 0. The van der Waals surface area contributed by atoms with Gasteiger partial charge in [-0.05, 0) is 30.5 Å². The van der Waals surface area contributed by atoms with Crippen molar-refractivity contribution in [1.82, 2.24) is 9.80 Å². The second kappa shape index (κ2) is 6.20. The van der Waals surface area contributed by atoms with Crippen LogP contribution >= 0.6 is 0 Å². The third-order valence-corrected chi connectivity index (χ3v) is 4.44. The van der Waals surface area contributed by atoms with E-state index in [1.54, 1.807) is 6.07 Å². The van der Waals surface area contributed by atoms with E-state index in [4.69, 9.17) is 4.74 Å². The molecule has 0 aromatic heterocycles. The van der Waals surface area contributed by atoms with Gasteiger partial charge in [0.1, 0.15) is 5.82 Å². The fourth-order valence-electron chi connectivity index (χ4n) is 3.26. The fraction of sp³-hybridized carbons (Fsp3) is 0.625. The summed E-state index contributed by atoms with van der Waals surface area (Å²) in [5, 5.41) is 0. The minimum atomic E-state index is -0.110. The van der Waals surface area contributed by atoms with Crippen LogP contribution in [0, 0.1) is 12.7 Å². The van der Waals surface area contributed by atoms with Gasteiger partial charge in [0.2, 0.25) is 0 Å². The maximum Gasteiger partial charge on any atom is 0.126 e. The van der Waals surface area contributed by atoms with Crippen LogP contribution in [0.15, 0.2) is 18.2 Å². The average molecular weight is 278 g/mol. The number of ether oxygens (including phenoxy) is 1. The molecule has 0 unspecified atom stereocenters. The van der Waals surface area contributed by atoms with Crippen molar-refractivity contribution in [2.75, 3.05) is 39.4 Å². The number of hydrogen-bond donors (Lipinski definition) is 0. The molecule has 0 aliphatic carbocycles. The highest BCUT2D eigenvalue weighted by Gasteiger charge is 2.28. The molecule has 1 atom stereocenters. The first-order valence-corrected chi connectivity index (χ1v) is 7.51. The molecule has 3 nitrogen and oxygen atoms in total. The van der Waals surface area contributed by atoms with Gasteiger partial charge in [-0.25, -0.2) is 4.39 Å². The molecule has 0 bridgehead atoms. The minimum Gasteiger partial charge on any atom is -0.379 e. The highest BCUT2D eigenvalue weighted by molar-refractivity contribution is 5.24. The van der Waals surface area contributed by atoms with E-state index < -0.39 is 0 Å². The molecule has 1 aromatic carbocycles. The van der Waals surface area contributed by atoms with E-state index in [1.165, 1.54) is 12.0 Å². The van der Waals surface area contributed by atoms with Gasteiger partial charge in [-0.15, -0.1) is 0 Å². The summed E-state index contributed by atoms with van der Waals surface area (Å²) in [6, 6.07) is 6.13. The Kier molecular flexibility index (Phi) is 4.34. The fourth-order valence-corrected chi connectivity index (χ4v) is 3.26. The van der Waals surface area contributed by atoms with E-state index in [2.05, 4.69) is 9.80 Å². The van der Waals surface area contributed by atoms with E-state index in [0.717, 1.165) is 51.5 Å². The molecule has 0 radical (unpaired) electrons. The zero-order valence-corrected chi connectivity index (χ0v) is 12.1. The van der Waals surface area contributed by atoms with E-state index in [0.29, 0.717) is 6.04 Å².